The Balaban J connectivity index is 1.68. The van der Waals surface area contributed by atoms with Gasteiger partial charge in [0.1, 0.15) is 0 Å². The van der Waals surface area contributed by atoms with Gasteiger partial charge in [0.05, 0.1) is 16.8 Å². The molecule has 1 aromatic heterocycles. The van der Waals surface area contributed by atoms with Crippen LogP contribution in [0.1, 0.15) is 22.4 Å². The molecule has 2 aromatic carbocycles. The molecule has 0 saturated carbocycles. The molecular formula is C26H23F6N5OS. The van der Waals surface area contributed by atoms with Gasteiger partial charge in [-0.1, -0.05) is 12.1 Å². The van der Waals surface area contributed by atoms with Crippen LogP contribution in [0.3, 0.4) is 0 Å². The monoisotopic (exact) mass is 567 g/mol. The van der Waals surface area contributed by atoms with E-state index >= 15 is 0 Å². The Morgan fingerprint density at radius 3 is 2.18 bits per heavy atom. The summed E-state index contributed by atoms with van der Waals surface area (Å²) in [7, 11) is 2.05. The predicted octanol–water partition coefficient (Wildman–Crippen LogP) is 5.46. The first-order chi connectivity index (χ1) is 18.3. The van der Waals surface area contributed by atoms with Crippen molar-refractivity contribution in [2.75, 3.05) is 33.2 Å². The van der Waals surface area contributed by atoms with Crippen molar-refractivity contribution in [3.05, 3.63) is 77.1 Å². The summed E-state index contributed by atoms with van der Waals surface area (Å²) in [4.78, 5) is 23.4. The fourth-order valence-electron chi connectivity index (χ4n) is 3.87. The molecule has 6 nitrogen and oxygen atoms in total. The molecule has 0 spiro atoms. The fourth-order valence-corrected chi connectivity index (χ4v) is 4.83. The van der Waals surface area contributed by atoms with Crippen LogP contribution in [0.15, 0.2) is 59.6 Å². The maximum atomic E-state index is 13.3. The number of nitrogens with zero attached hydrogens (tertiary/aromatic N) is 4. The lowest BCUT2D eigenvalue weighted by Gasteiger charge is -2.31. The molecule has 2 heterocycles. The van der Waals surface area contributed by atoms with Gasteiger partial charge in [-0.15, -0.1) is 0 Å². The molecule has 1 fully saturated rings. The van der Waals surface area contributed by atoms with Gasteiger partial charge in [-0.3, -0.25) is 4.79 Å². The molecule has 13 heteroatoms. The van der Waals surface area contributed by atoms with E-state index in [9.17, 15) is 31.1 Å². The van der Waals surface area contributed by atoms with E-state index in [2.05, 4.69) is 19.2 Å². The van der Waals surface area contributed by atoms with Crippen LogP contribution in [0.5, 0.6) is 0 Å². The number of nitrogens with two attached hydrogens (primary N) is 1. The van der Waals surface area contributed by atoms with E-state index in [1.807, 2.05) is 13.1 Å². The minimum Gasteiger partial charge on any atom is -0.366 e. The highest BCUT2D eigenvalue weighted by molar-refractivity contribution is 7.97. The van der Waals surface area contributed by atoms with Gasteiger partial charge in [0.25, 0.3) is 0 Å². The van der Waals surface area contributed by atoms with E-state index in [1.165, 1.54) is 18.3 Å². The molecule has 0 unspecified atom stereocenters. The van der Waals surface area contributed by atoms with E-state index in [-0.39, 0.29) is 23.2 Å². The van der Waals surface area contributed by atoms with Crippen molar-refractivity contribution < 1.29 is 31.1 Å². The quantitative estimate of drug-likeness (QED) is 0.242. The molecule has 1 saturated heterocycles. The summed E-state index contributed by atoms with van der Waals surface area (Å²) in [5.41, 5.74) is 2.83. The number of alkyl halides is 6. The zero-order valence-electron chi connectivity index (χ0n) is 20.6. The van der Waals surface area contributed by atoms with Gasteiger partial charge >= 0.3 is 12.4 Å². The number of likely N-dealkylation sites (N-methyl/N-ethyl adjacent to an activating group) is 1. The Morgan fingerprint density at radius 1 is 0.949 bits per heavy atom. The molecule has 0 aliphatic carbocycles. The lowest BCUT2D eigenvalue weighted by molar-refractivity contribution is -0.143. The molecule has 39 heavy (non-hydrogen) atoms. The topological polar surface area (TPSA) is 75.3 Å². The first-order valence-corrected chi connectivity index (χ1v) is 12.4. The summed E-state index contributed by atoms with van der Waals surface area (Å²) in [5, 5.41) is 0. The van der Waals surface area contributed by atoms with Crippen LogP contribution in [-0.4, -0.2) is 58.3 Å². The second kappa shape index (κ2) is 11.4. The standard InChI is InChI=1S/C26H23F6N5OS/c1-36-7-9-37(10-8-36)39-21-4-2-3-16(13-21)22(23(33)38)15-20-5-6-34-24(35-20)17-11-18(25(27,28)29)14-19(12-17)26(30,31)32/h2-6,11-15H,7-10H2,1H3,(H2,33,38)/b22-15+. The van der Waals surface area contributed by atoms with Gasteiger partial charge in [-0.2, -0.15) is 26.3 Å². The molecule has 0 radical (unpaired) electrons. The molecule has 3 aromatic rings. The number of piperazine rings is 1. The van der Waals surface area contributed by atoms with Crippen molar-refractivity contribution in [3.8, 4) is 11.4 Å². The smallest absolute Gasteiger partial charge is 0.366 e. The van der Waals surface area contributed by atoms with Crippen LogP contribution in [0.25, 0.3) is 23.0 Å². The lowest BCUT2D eigenvalue weighted by Crippen LogP contribution is -2.40. The first kappa shape index (κ1) is 28.6. The number of amides is 1. The zero-order valence-corrected chi connectivity index (χ0v) is 21.4. The molecule has 4 rings (SSSR count). The maximum absolute atomic E-state index is 13.3. The highest BCUT2D eigenvalue weighted by atomic mass is 32.2. The van der Waals surface area contributed by atoms with Crippen LogP contribution >= 0.6 is 11.9 Å². The summed E-state index contributed by atoms with van der Waals surface area (Å²) in [6.45, 7) is 3.56. The average Bonchev–Trinajstić information content (AvgIpc) is 2.87. The zero-order chi connectivity index (χ0) is 28.4. The van der Waals surface area contributed by atoms with E-state index < -0.39 is 35.0 Å². The summed E-state index contributed by atoms with van der Waals surface area (Å²) in [6.07, 6.45) is -7.52. The van der Waals surface area contributed by atoms with Crippen molar-refractivity contribution in [1.82, 2.24) is 19.2 Å². The molecule has 1 amide bonds. The SMILES string of the molecule is CN1CCN(Sc2cccc(/C(=C\c3ccnc(-c4cc(C(F)(F)F)cc(C(F)(F)F)c4)n3)C(N)=O)c2)CC1. The molecular weight excluding hydrogens is 544 g/mol. The maximum Gasteiger partial charge on any atom is 0.416 e. The Hall–Kier alpha value is -3.42. The third-order valence-corrected chi connectivity index (χ3v) is 7.01. The number of primary amides is 1. The Bertz CT molecular complexity index is 1350. The van der Waals surface area contributed by atoms with Gasteiger partial charge in [0.2, 0.25) is 5.91 Å². The summed E-state index contributed by atoms with van der Waals surface area (Å²) < 4.78 is 82.0. The first-order valence-electron chi connectivity index (χ1n) is 11.7. The Kier molecular flexibility index (Phi) is 8.33. The van der Waals surface area contributed by atoms with Crippen molar-refractivity contribution >= 4 is 29.5 Å². The minimum absolute atomic E-state index is 0.0333. The fraction of sp³-hybridized carbons (Fsp3) is 0.269. The highest BCUT2D eigenvalue weighted by Crippen LogP contribution is 2.38. The normalized spacial score (nSPS) is 15.9. The van der Waals surface area contributed by atoms with Gasteiger partial charge in [0, 0.05) is 48.4 Å². The molecule has 2 N–H and O–H groups in total. The van der Waals surface area contributed by atoms with Crippen LogP contribution in [-0.2, 0) is 17.1 Å². The molecule has 0 bridgehead atoms. The minimum atomic E-state index is -5.01. The lowest BCUT2D eigenvalue weighted by atomic mass is 10.0. The van der Waals surface area contributed by atoms with E-state index in [1.54, 1.807) is 30.1 Å². The molecule has 1 aliphatic heterocycles. The number of carbonyl (C=O) groups excluding carboxylic acids is 1. The summed E-state index contributed by atoms with van der Waals surface area (Å²) in [6, 6.07) is 9.60. The second-order valence-electron chi connectivity index (χ2n) is 8.87. The molecule has 0 atom stereocenters. The third kappa shape index (κ3) is 7.37. The number of hydrogen-bond donors (Lipinski definition) is 1. The van der Waals surface area contributed by atoms with E-state index in [0.29, 0.717) is 17.7 Å². The summed E-state index contributed by atoms with van der Waals surface area (Å²) in [5.74, 6) is -1.15. The Labute approximate surface area is 224 Å². The number of carbonyl (C=O) groups is 1. The second-order valence-corrected chi connectivity index (χ2v) is 10.0. The third-order valence-electron chi connectivity index (χ3n) is 5.92. The van der Waals surface area contributed by atoms with Gasteiger partial charge < -0.3 is 10.6 Å². The largest absolute Gasteiger partial charge is 0.416 e. The number of hydrogen-bond acceptors (Lipinski definition) is 6. The van der Waals surface area contributed by atoms with E-state index in [4.69, 9.17) is 5.73 Å². The van der Waals surface area contributed by atoms with E-state index in [0.717, 1.165) is 31.1 Å². The number of aromatic nitrogens is 2. The average molecular weight is 568 g/mol. The van der Waals surface area contributed by atoms with Crippen molar-refractivity contribution in [2.24, 2.45) is 5.73 Å². The number of benzene rings is 2. The van der Waals surface area contributed by atoms with Crippen LogP contribution in [0.4, 0.5) is 26.3 Å². The number of rotatable bonds is 6. The van der Waals surface area contributed by atoms with Gasteiger partial charge in [-0.05, 0) is 67.0 Å². The number of halogens is 6. The van der Waals surface area contributed by atoms with Crippen molar-refractivity contribution in [1.29, 1.82) is 0 Å². The Morgan fingerprint density at radius 2 is 1.59 bits per heavy atom. The van der Waals surface area contributed by atoms with Crippen LogP contribution in [0.2, 0.25) is 0 Å². The molecule has 206 valence electrons. The van der Waals surface area contributed by atoms with Crippen molar-refractivity contribution in [2.45, 2.75) is 17.2 Å². The van der Waals surface area contributed by atoms with Crippen LogP contribution < -0.4 is 5.73 Å². The van der Waals surface area contributed by atoms with Crippen LogP contribution in [0, 0.1) is 0 Å². The molecule has 1 aliphatic rings. The van der Waals surface area contributed by atoms with Gasteiger partial charge in [-0.25, -0.2) is 14.3 Å². The van der Waals surface area contributed by atoms with Crippen molar-refractivity contribution in [3.63, 3.8) is 0 Å². The highest BCUT2D eigenvalue weighted by Gasteiger charge is 2.37. The summed E-state index contributed by atoms with van der Waals surface area (Å²) >= 11 is 1.54. The predicted molar refractivity (Wildman–Crippen MR) is 136 cm³/mol. The van der Waals surface area contributed by atoms with Gasteiger partial charge in [0.15, 0.2) is 5.82 Å².